The lowest BCUT2D eigenvalue weighted by molar-refractivity contribution is 0.414. The Bertz CT molecular complexity index is 1270. The highest BCUT2D eigenvalue weighted by molar-refractivity contribution is 7.19. The third-order valence-electron chi connectivity index (χ3n) is 5.74. The fourth-order valence-electron chi connectivity index (χ4n) is 4.28. The molecule has 2 aliphatic rings. The fraction of sp³-hybridized carbons (Fsp3) is 0.400. The first kappa shape index (κ1) is 18.2. The molecule has 0 spiro atoms. The van der Waals surface area contributed by atoms with Crippen molar-refractivity contribution in [2.45, 2.75) is 31.3 Å². The Morgan fingerprint density at radius 1 is 1.41 bits per heavy atom. The smallest absolute Gasteiger partial charge is 0.202 e. The van der Waals surface area contributed by atoms with Crippen molar-refractivity contribution in [1.29, 1.82) is 5.26 Å². The second kappa shape index (κ2) is 6.34. The number of hydrogen-bond acceptors (Lipinski definition) is 7. The van der Waals surface area contributed by atoms with Crippen LogP contribution in [0.1, 0.15) is 30.2 Å². The third-order valence-corrected chi connectivity index (χ3v) is 6.82. The Balaban J connectivity index is 1.95. The van der Waals surface area contributed by atoms with E-state index in [1.807, 2.05) is 15.5 Å². The van der Waals surface area contributed by atoms with E-state index in [4.69, 9.17) is 10.5 Å². The van der Waals surface area contributed by atoms with Crippen molar-refractivity contribution in [2.75, 3.05) is 25.1 Å². The second-order valence-electron chi connectivity index (χ2n) is 7.63. The summed E-state index contributed by atoms with van der Waals surface area (Å²) in [5.41, 5.74) is 6.34. The summed E-state index contributed by atoms with van der Waals surface area (Å²) in [6.45, 7) is 1.11. The molecular formula is C20H19FN4O3S. The van der Waals surface area contributed by atoms with Crippen LogP contribution >= 0.6 is 11.3 Å². The average Bonchev–Trinajstić information content (AvgIpc) is 3.36. The van der Waals surface area contributed by atoms with Gasteiger partial charge < -0.3 is 25.0 Å². The molecule has 1 unspecified atom stereocenters. The predicted molar refractivity (Wildman–Crippen MR) is 110 cm³/mol. The number of aromatic hydroxyl groups is 1. The molecule has 9 heteroatoms. The highest BCUT2D eigenvalue weighted by Crippen LogP contribution is 2.48. The number of anilines is 1. The molecule has 1 aliphatic carbocycles. The van der Waals surface area contributed by atoms with Crippen molar-refractivity contribution in [3.63, 3.8) is 0 Å². The predicted octanol–water partition coefficient (Wildman–Crippen LogP) is 2.81. The van der Waals surface area contributed by atoms with Gasteiger partial charge in [-0.25, -0.2) is 4.39 Å². The van der Waals surface area contributed by atoms with E-state index in [1.165, 1.54) is 13.2 Å². The van der Waals surface area contributed by atoms with Gasteiger partial charge in [0, 0.05) is 25.2 Å². The molecule has 1 saturated carbocycles. The van der Waals surface area contributed by atoms with E-state index in [9.17, 15) is 15.2 Å². The minimum absolute atomic E-state index is 0.0460. The van der Waals surface area contributed by atoms with Crippen molar-refractivity contribution < 1.29 is 14.2 Å². The zero-order valence-electron chi connectivity index (χ0n) is 15.7. The Kier molecular flexibility index (Phi) is 3.98. The maximum atomic E-state index is 15.2. The topological polar surface area (TPSA) is 105 Å². The standard InChI is InChI=1S/C20H19FN4O3S/c1-28-19-15-11(6-12(21)16(19)24-5-4-9(23)8-24)17(26)14-18(27)13(7-22)29-20(14)25(15)10-2-3-10/h6,9-10,27H,2-5,8,23H2,1H3. The highest BCUT2D eigenvalue weighted by Gasteiger charge is 2.34. The number of rotatable bonds is 3. The van der Waals surface area contributed by atoms with Gasteiger partial charge in [0.1, 0.15) is 26.9 Å². The number of halogens is 1. The Morgan fingerprint density at radius 3 is 2.76 bits per heavy atom. The molecule has 150 valence electrons. The number of thiophene rings is 1. The van der Waals surface area contributed by atoms with E-state index in [0.29, 0.717) is 34.9 Å². The largest absolute Gasteiger partial charge is 0.505 e. The zero-order valence-corrected chi connectivity index (χ0v) is 16.6. The molecule has 29 heavy (non-hydrogen) atoms. The summed E-state index contributed by atoms with van der Waals surface area (Å²) in [4.78, 5) is 15.7. The lowest BCUT2D eigenvalue weighted by Crippen LogP contribution is -2.27. The summed E-state index contributed by atoms with van der Waals surface area (Å²) in [5, 5.41) is 20.0. The number of nitrogens with zero attached hydrogens (tertiary/aromatic N) is 3. The van der Waals surface area contributed by atoms with Crippen LogP contribution in [0.3, 0.4) is 0 Å². The molecule has 3 heterocycles. The Morgan fingerprint density at radius 2 is 2.17 bits per heavy atom. The number of hydrogen-bond donors (Lipinski definition) is 2. The molecule has 3 aromatic rings. The van der Waals surface area contributed by atoms with Crippen LogP contribution in [0.15, 0.2) is 10.9 Å². The summed E-state index contributed by atoms with van der Waals surface area (Å²) >= 11 is 1.08. The normalized spacial score (nSPS) is 19.2. The van der Waals surface area contributed by atoms with Crippen LogP contribution in [-0.4, -0.2) is 35.9 Å². The maximum Gasteiger partial charge on any atom is 0.202 e. The van der Waals surface area contributed by atoms with Crippen molar-refractivity contribution in [1.82, 2.24) is 4.57 Å². The van der Waals surface area contributed by atoms with E-state index < -0.39 is 11.2 Å². The van der Waals surface area contributed by atoms with Crippen LogP contribution in [0.2, 0.25) is 0 Å². The van der Waals surface area contributed by atoms with Gasteiger partial charge >= 0.3 is 0 Å². The second-order valence-corrected chi connectivity index (χ2v) is 8.63. The summed E-state index contributed by atoms with van der Waals surface area (Å²) < 4.78 is 22.8. The van der Waals surface area contributed by atoms with E-state index in [1.54, 1.807) is 0 Å². The molecule has 0 amide bonds. The third kappa shape index (κ3) is 2.52. The first-order chi connectivity index (χ1) is 14.0. The van der Waals surface area contributed by atoms with Crippen LogP contribution in [0, 0.1) is 17.1 Å². The molecule has 1 aliphatic heterocycles. The number of nitriles is 1. The van der Waals surface area contributed by atoms with Gasteiger partial charge in [-0.2, -0.15) is 5.26 Å². The summed E-state index contributed by atoms with van der Waals surface area (Å²) in [7, 11) is 1.46. The van der Waals surface area contributed by atoms with E-state index in [0.717, 1.165) is 30.6 Å². The number of ether oxygens (including phenoxy) is 1. The van der Waals surface area contributed by atoms with Crippen molar-refractivity contribution in [2.24, 2.45) is 5.73 Å². The highest BCUT2D eigenvalue weighted by atomic mass is 32.1. The first-order valence-corrected chi connectivity index (χ1v) is 10.3. The molecule has 1 aromatic carbocycles. The van der Waals surface area contributed by atoms with Crippen LogP contribution in [0.5, 0.6) is 11.5 Å². The minimum atomic E-state index is -0.558. The lowest BCUT2D eigenvalue weighted by atomic mass is 10.1. The van der Waals surface area contributed by atoms with Gasteiger partial charge in [-0.3, -0.25) is 4.79 Å². The molecule has 0 radical (unpaired) electrons. The number of benzene rings is 1. The monoisotopic (exact) mass is 414 g/mol. The summed E-state index contributed by atoms with van der Waals surface area (Å²) in [6, 6.07) is 3.23. The SMILES string of the molecule is COc1c(N2CCC(N)C2)c(F)cc2c(=O)c3c(O)c(C#N)sc3n(C3CC3)c12. The number of aromatic nitrogens is 1. The van der Waals surface area contributed by atoms with Gasteiger partial charge in [0.05, 0.1) is 18.0 Å². The van der Waals surface area contributed by atoms with Crippen LogP contribution in [0.4, 0.5) is 10.1 Å². The summed E-state index contributed by atoms with van der Waals surface area (Å²) in [5.74, 6) is -0.591. The zero-order chi connectivity index (χ0) is 20.4. The van der Waals surface area contributed by atoms with Gasteiger partial charge in [-0.05, 0) is 25.3 Å². The molecule has 0 bridgehead atoms. The molecule has 1 saturated heterocycles. The molecular weight excluding hydrogens is 395 g/mol. The molecule has 2 aromatic heterocycles. The van der Waals surface area contributed by atoms with Crippen molar-refractivity contribution in [3.05, 3.63) is 27.0 Å². The van der Waals surface area contributed by atoms with Gasteiger partial charge in [-0.1, -0.05) is 0 Å². The number of fused-ring (bicyclic) bond motifs is 2. The van der Waals surface area contributed by atoms with Crippen LogP contribution in [0.25, 0.3) is 21.1 Å². The molecule has 1 atom stereocenters. The first-order valence-electron chi connectivity index (χ1n) is 9.47. The van der Waals surface area contributed by atoms with E-state index >= 15 is 4.39 Å². The van der Waals surface area contributed by atoms with Gasteiger partial charge in [0.2, 0.25) is 5.43 Å². The molecule has 7 nitrogen and oxygen atoms in total. The quantitative estimate of drug-likeness (QED) is 0.683. The molecule has 2 fully saturated rings. The van der Waals surface area contributed by atoms with Gasteiger partial charge in [0.15, 0.2) is 17.3 Å². The minimum Gasteiger partial charge on any atom is -0.505 e. The Labute approximate surface area is 169 Å². The molecule has 3 N–H and O–H groups in total. The summed E-state index contributed by atoms with van der Waals surface area (Å²) in [6.07, 6.45) is 2.55. The van der Waals surface area contributed by atoms with Gasteiger partial charge in [-0.15, -0.1) is 11.3 Å². The van der Waals surface area contributed by atoms with E-state index in [-0.39, 0.29) is 33.5 Å². The van der Waals surface area contributed by atoms with Crippen molar-refractivity contribution >= 4 is 38.1 Å². The fourth-order valence-corrected chi connectivity index (χ4v) is 5.34. The van der Waals surface area contributed by atoms with Crippen LogP contribution < -0.4 is 20.8 Å². The van der Waals surface area contributed by atoms with Gasteiger partial charge in [0.25, 0.3) is 0 Å². The van der Waals surface area contributed by atoms with Crippen molar-refractivity contribution in [3.8, 4) is 17.6 Å². The maximum absolute atomic E-state index is 15.2. The number of methoxy groups -OCH3 is 1. The van der Waals surface area contributed by atoms with E-state index in [2.05, 4.69) is 0 Å². The lowest BCUT2D eigenvalue weighted by Gasteiger charge is -2.24. The molecule has 5 rings (SSSR count). The van der Waals surface area contributed by atoms with Crippen LogP contribution in [-0.2, 0) is 0 Å². The number of pyridine rings is 1. The average molecular weight is 414 g/mol. The number of nitrogens with two attached hydrogens (primary N) is 1. The Hall–Kier alpha value is -2.83.